The number of benzene rings is 1. The maximum absolute atomic E-state index is 5.92. The Kier molecular flexibility index (Phi) is 1.55. The van der Waals surface area contributed by atoms with E-state index in [0.717, 1.165) is 28.5 Å². The molecule has 0 spiro atoms. The van der Waals surface area contributed by atoms with Crippen LogP contribution in [0.4, 0.5) is 11.4 Å². The highest BCUT2D eigenvalue weighted by atomic mass is 35.5. The molecule has 0 bridgehead atoms. The lowest BCUT2D eigenvalue weighted by atomic mass is 10.0. The number of rotatable bonds is 0. The van der Waals surface area contributed by atoms with Gasteiger partial charge in [-0.1, -0.05) is 11.6 Å². The topological polar surface area (TPSA) is 40.7 Å². The van der Waals surface area contributed by atoms with Crippen molar-refractivity contribution in [1.82, 2.24) is 10.2 Å². The fraction of sp³-hybridized carbons (Fsp3) is 0.100. The first-order valence-electron chi connectivity index (χ1n) is 4.40. The molecule has 0 radical (unpaired) electrons. The van der Waals surface area contributed by atoms with Crippen molar-refractivity contribution in [2.75, 3.05) is 5.32 Å². The molecule has 0 fully saturated rings. The molecule has 0 atom stereocenters. The standard InChI is InChI=1S/C10H8ClN3/c11-7-1-2-8-6(3-7)4-9-10(13-8)5-12-14-9/h1-3,5,13H,4H2,(H,12,14). The molecule has 70 valence electrons. The number of H-pyrrole nitrogens is 1. The van der Waals surface area contributed by atoms with E-state index in [2.05, 4.69) is 15.5 Å². The summed E-state index contributed by atoms with van der Waals surface area (Å²) in [6.07, 6.45) is 2.66. The zero-order valence-corrected chi connectivity index (χ0v) is 8.10. The van der Waals surface area contributed by atoms with Crippen LogP contribution < -0.4 is 5.32 Å². The fourth-order valence-electron chi connectivity index (χ4n) is 1.72. The lowest BCUT2D eigenvalue weighted by Gasteiger charge is -2.17. The Morgan fingerprint density at radius 2 is 2.21 bits per heavy atom. The van der Waals surface area contributed by atoms with Crippen molar-refractivity contribution in [2.24, 2.45) is 0 Å². The fourth-order valence-corrected chi connectivity index (χ4v) is 1.92. The Morgan fingerprint density at radius 1 is 1.29 bits per heavy atom. The third kappa shape index (κ3) is 1.09. The summed E-state index contributed by atoms with van der Waals surface area (Å²) in [5.41, 5.74) is 4.48. The molecule has 2 heterocycles. The summed E-state index contributed by atoms with van der Waals surface area (Å²) < 4.78 is 0. The van der Waals surface area contributed by atoms with E-state index in [1.807, 2.05) is 18.2 Å². The number of nitrogens with one attached hydrogen (secondary N) is 2. The van der Waals surface area contributed by atoms with Crippen molar-refractivity contribution < 1.29 is 0 Å². The highest BCUT2D eigenvalue weighted by Crippen LogP contribution is 2.32. The monoisotopic (exact) mass is 205 g/mol. The number of aromatic nitrogens is 2. The molecule has 0 amide bonds. The molecule has 1 aliphatic rings. The second kappa shape index (κ2) is 2.75. The smallest absolute Gasteiger partial charge is 0.0804 e. The van der Waals surface area contributed by atoms with Gasteiger partial charge in [0.15, 0.2) is 0 Å². The van der Waals surface area contributed by atoms with Crippen molar-refractivity contribution in [1.29, 1.82) is 0 Å². The number of hydrogen-bond acceptors (Lipinski definition) is 2. The van der Waals surface area contributed by atoms with Gasteiger partial charge in [0, 0.05) is 17.1 Å². The minimum absolute atomic E-state index is 0.772. The molecule has 1 aromatic heterocycles. The molecule has 3 rings (SSSR count). The van der Waals surface area contributed by atoms with E-state index in [0.29, 0.717) is 0 Å². The van der Waals surface area contributed by atoms with Crippen LogP contribution in [0.15, 0.2) is 24.4 Å². The highest BCUT2D eigenvalue weighted by molar-refractivity contribution is 6.30. The molecule has 14 heavy (non-hydrogen) atoms. The predicted molar refractivity (Wildman–Crippen MR) is 56.1 cm³/mol. The lowest BCUT2D eigenvalue weighted by molar-refractivity contribution is 0.992. The summed E-state index contributed by atoms with van der Waals surface area (Å²) in [5, 5.41) is 11.0. The van der Waals surface area contributed by atoms with Crippen molar-refractivity contribution in [3.63, 3.8) is 0 Å². The number of fused-ring (bicyclic) bond motifs is 2. The third-order valence-corrected chi connectivity index (χ3v) is 2.66. The molecule has 3 nitrogen and oxygen atoms in total. The van der Waals surface area contributed by atoms with E-state index in [-0.39, 0.29) is 0 Å². The predicted octanol–water partition coefficient (Wildman–Crippen LogP) is 2.71. The Morgan fingerprint density at radius 3 is 3.14 bits per heavy atom. The van der Waals surface area contributed by atoms with E-state index < -0.39 is 0 Å². The number of halogens is 1. The minimum atomic E-state index is 0.772. The molecule has 0 aliphatic carbocycles. The molecular formula is C10H8ClN3. The molecule has 1 aromatic carbocycles. The second-order valence-electron chi connectivity index (χ2n) is 3.37. The van der Waals surface area contributed by atoms with E-state index in [4.69, 9.17) is 11.6 Å². The van der Waals surface area contributed by atoms with Crippen molar-refractivity contribution in [3.8, 4) is 0 Å². The zero-order valence-electron chi connectivity index (χ0n) is 7.34. The van der Waals surface area contributed by atoms with Gasteiger partial charge >= 0.3 is 0 Å². The second-order valence-corrected chi connectivity index (χ2v) is 3.80. The number of nitrogens with zero attached hydrogens (tertiary/aromatic N) is 1. The lowest BCUT2D eigenvalue weighted by Crippen LogP contribution is -2.05. The summed E-state index contributed by atoms with van der Waals surface area (Å²) in [7, 11) is 0. The molecular weight excluding hydrogens is 198 g/mol. The minimum Gasteiger partial charge on any atom is -0.352 e. The number of anilines is 2. The van der Waals surface area contributed by atoms with Crippen LogP contribution in [-0.4, -0.2) is 10.2 Å². The van der Waals surface area contributed by atoms with Crippen LogP contribution in [0.1, 0.15) is 11.3 Å². The van der Waals surface area contributed by atoms with Gasteiger partial charge in [0.1, 0.15) is 0 Å². The first-order valence-corrected chi connectivity index (χ1v) is 4.78. The van der Waals surface area contributed by atoms with Gasteiger partial charge < -0.3 is 5.32 Å². The normalized spacial score (nSPS) is 12.9. The first kappa shape index (κ1) is 7.88. The molecule has 1 aliphatic heterocycles. The summed E-state index contributed by atoms with van der Waals surface area (Å²) in [4.78, 5) is 0. The van der Waals surface area contributed by atoms with Crippen LogP contribution in [0.3, 0.4) is 0 Å². The summed E-state index contributed by atoms with van der Waals surface area (Å²) in [6, 6.07) is 5.86. The van der Waals surface area contributed by atoms with Gasteiger partial charge in [0.2, 0.25) is 0 Å². The van der Waals surface area contributed by atoms with Gasteiger partial charge in [-0.3, -0.25) is 5.10 Å². The maximum atomic E-state index is 5.92. The Labute approximate surface area is 86.1 Å². The van der Waals surface area contributed by atoms with E-state index in [1.165, 1.54) is 5.56 Å². The van der Waals surface area contributed by atoms with E-state index in [9.17, 15) is 0 Å². The Hall–Kier alpha value is -1.48. The largest absolute Gasteiger partial charge is 0.352 e. The summed E-state index contributed by atoms with van der Waals surface area (Å²) in [6.45, 7) is 0. The van der Waals surface area contributed by atoms with Crippen LogP contribution in [-0.2, 0) is 6.42 Å². The van der Waals surface area contributed by atoms with Gasteiger partial charge in [0.25, 0.3) is 0 Å². The molecule has 0 saturated heterocycles. The van der Waals surface area contributed by atoms with Crippen LogP contribution in [0.25, 0.3) is 0 Å². The van der Waals surface area contributed by atoms with Crippen molar-refractivity contribution in [3.05, 3.63) is 40.7 Å². The zero-order chi connectivity index (χ0) is 9.54. The number of hydrogen-bond donors (Lipinski definition) is 2. The Balaban J connectivity index is 2.12. The summed E-state index contributed by atoms with van der Waals surface area (Å²) >= 11 is 5.92. The van der Waals surface area contributed by atoms with E-state index >= 15 is 0 Å². The van der Waals surface area contributed by atoms with Crippen molar-refractivity contribution >= 4 is 23.0 Å². The first-order chi connectivity index (χ1) is 6.83. The van der Waals surface area contributed by atoms with Gasteiger partial charge in [0.05, 0.1) is 17.6 Å². The molecule has 4 heteroatoms. The number of aromatic amines is 1. The summed E-state index contributed by atoms with van der Waals surface area (Å²) in [5.74, 6) is 0. The van der Waals surface area contributed by atoms with Crippen LogP contribution in [0, 0.1) is 0 Å². The van der Waals surface area contributed by atoms with Crippen LogP contribution in [0.5, 0.6) is 0 Å². The van der Waals surface area contributed by atoms with Gasteiger partial charge in [-0.15, -0.1) is 0 Å². The molecule has 2 aromatic rings. The quantitative estimate of drug-likeness (QED) is 0.593. The van der Waals surface area contributed by atoms with Gasteiger partial charge in [-0.25, -0.2) is 0 Å². The Bertz CT molecular complexity index is 490. The third-order valence-electron chi connectivity index (χ3n) is 2.42. The maximum Gasteiger partial charge on any atom is 0.0804 e. The van der Waals surface area contributed by atoms with Crippen LogP contribution >= 0.6 is 11.6 Å². The molecule has 2 N–H and O–H groups in total. The van der Waals surface area contributed by atoms with Gasteiger partial charge in [-0.2, -0.15) is 5.10 Å². The van der Waals surface area contributed by atoms with E-state index in [1.54, 1.807) is 6.20 Å². The SMILES string of the molecule is Clc1ccc2c(c1)Cc1[nH]ncc1N2. The average molecular weight is 206 g/mol. The highest BCUT2D eigenvalue weighted by Gasteiger charge is 2.15. The van der Waals surface area contributed by atoms with Crippen molar-refractivity contribution in [2.45, 2.75) is 6.42 Å². The molecule has 0 saturated carbocycles. The average Bonchev–Trinajstić information content (AvgIpc) is 2.61. The molecule has 0 unspecified atom stereocenters. The van der Waals surface area contributed by atoms with Gasteiger partial charge in [-0.05, 0) is 23.8 Å². The van der Waals surface area contributed by atoms with Crippen LogP contribution in [0.2, 0.25) is 5.02 Å².